The van der Waals surface area contributed by atoms with Crippen molar-refractivity contribution in [1.29, 1.82) is 0 Å². The van der Waals surface area contributed by atoms with Crippen molar-refractivity contribution in [1.82, 2.24) is 9.97 Å². The molecule has 106 valence electrons. The average Bonchev–Trinajstić information content (AvgIpc) is 2.44. The van der Waals surface area contributed by atoms with Gasteiger partial charge in [0, 0.05) is 11.6 Å². The fraction of sp³-hybridized carbons (Fsp3) is 0.286. The van der Waals surface area contributed by atoms with E-state index in [0.29, 0.717) is 0 Å². The lowest BCUT2D eigenvalue weighted by Crippen LogP contribution is -2.10. The molecular formula is C14H16BrClN4. The zero-order chi connectivity index (χ0) is 14.5. The second-order valence-corrected chi connectivity index (χ2v) is 5.50. The van der Waals surface area contributed by atoms with Crippen LogP contribution >= 0.6 is 27.5 Å². The summed E-state index contributed by atoms with van der Waals surface area (Å²) in [6.45, 7) is 4.87. The van der Waals surface area contributed by atoms with Gasteiger partial charge in [-0.2, -0.15) is 0 Å². The largest absolute Gasteiger partial charge is 0.369 e. The summed E-state index contributed by atoms with van der Waals surface area (Å²) in [5, 5.41) is 7.26. The van der Waals surface area contributed by atoms with Crippen molar-refractivity contribution in [2.24, 2.45) is 0 Å². The highest BCUT2D eigenvalue weighted by Crippen LogP contribution is 2.31. The third-order valence-electron chi connectivity index (χ3n) is 2.86. The zero-order valence-electron chi connectivity index (χ0n) is 11.3. The van der Waals surface area contributed by atoms with Gasteiger partial charge in [-0.1, -0.05) is 29.8 Å². The van der Waals surface area contributed by atoms with Crippen LogP contribution in [0.2, 0.25) is 5.02 Å². The van der Waals surface area contributed by atoms with Gasteiger partial charge in [0.25, 0.3) is 0 Å². The van der Waals surface area contributed by atoms with Crippen LogP contribution in [-0.4, -0.2) is 16.5 Å². The molecule has 1 aromatic carbocycles. The van der Waals surface area contributed by atoms with Crippen molar-refractivity contribution in [3.05, 3.63) is 45.7 Å². The molecule has 0 amide bonds. The second-order valence-electron chi connectivity index (χ2n) is 4.30. The Morgan fingerprint density at radius 1 is 1.25 bits per heavy atom. The fourth-order valence-corrected chi connectivity index (χ4v) is 2.63. The number of halogens is 2. The van der Waals surface area contributed by atoms with Crippen molar-refractivity contribution in [3.63, 3.8) is 0 Å². The van der Waals surface area contributed by atoms with Crippen molar-refractivity contribution >= 4 is 39.2 Å². The highest BCUT2D eigenvalue weighted by atomic mass is 79.9. The number of benzene rings is 1. The first-order valence-corrected chi connectivity index (χ1v) is 7.56. The molecule has 1 atom stereocenters. The first-order chi connectivity index (χ1) is 9.63. The van der Waals surface area contributed by atoms with Gasteiger partial charge in [-0.15, -0.1) is 0 Å². The molecule has 6 heteroatoms. The minimum absolute atomic E-state index is 0.0457. The summed E-state index contributed by atoms with van der Waals surface area (Å²) < 4.78 is 0.820. The van der Waals surface area contributed by atoms with E-state index in [1.54, 1.807) is 0 Å². The zero-order valence-corrected chi connectivity index (χ0v) is 13.7. The van der Waals surface area contributed by atoms with Crippen LogP contribution in [0.4, 0.5) is 11.6 Å². The summed E-state index contributed by atoms with van der Waals surface area (Å²) in [7, 11) is 0. The number of aromatic nitrogens is 2. The summed E-state index contributed by atoms with van der Waals surface area (Å²) >= 11 is 9.73. The quantitative estimate of drug-likeness (QED) is 0.829. The molecule has 0 bridgehead atoms. The average molecular weight is 356 g/mol. The summed E-state index contributed by atoms with van der Waals surface area (Å²) in [6, 6.07) is 7.82. The molecule has 2 aromatic rings. The summed E-state index contributed by atoms with van der Waals surface area (Å²) in [5.74, 6) is 1.51. The lowest BCUT2D eigenvalue weighted by atomic mass is 10.1. The van der Waals surface area contributed by atoms with E-state index in [4.69, 9.17) is 11.6 Å². The maximum absolute atomic E-state index is 6.21. The van der Waals surface area contributed by atoms with E-state index in [0.717, 1.165) is 33.2 Å². The Morgan fingerprint density at radius 3 is 2.65 bits per heavy atom. The fourth-order valence-electron chi connectivity index (χ4n) is 1.87. The van der Waals surface area contributed by atoms with Crippen LogP contribution < -0.4 is 10.6 Å². The molecule has 1 heterocycles. The van der Waals surface area contributed by atoms with Crippen LogP contribution in [0.1, 0.15) is 25.5 Å². The van der Waals surface area contributed by atoms with Crippen molar-refractivity contribution in [2.45, 2.75) is 19.9 Å². The smallest absolute Gasteiger partial charge is 0.146 e. The first kappa shape index (κ1) is 15.1. The Balaban J connectivity index is 2.22. The van der Waals surface area contributed by atoms with Crippen LogP contribution in [-0.2, 0) is 0 Å². The molecule has 0 aliphatic carbocycles. The van der Waals surface area contributed by atoms with E-state index in [1.807, 2.05) is 38.1 Å². The predicted molar refractivity (Wildman–Crippen MR) is 87.4 cm³/mol. The number of rotatable bonds is 5. The molecule has 0 spiro atoms. The van der Waals surface area contributed by atoms with E-state index in [9.17, 15) is 0 Å². The van der Waals surface area contributed by atoms with E-state index < -0.39 is 0 Å². The molecule has 0 fully saturated rings. The molecule has 0 aliphatic heterocycles. The van der Waals surface area contributed by atoms with E-state index in [-0.39, 0.29) is 6.04 Å². The number of anilines is 2. The minimum atomic E-state index is 0.0457. The topological polar surface area (TPSA) is 49.8 Å². The van der Waals surface area contributed by atoms with E-state index in [2.05, 4.69) is 36.5 Å². The second kappa shape index (κ2) is 6.90. The number of nitrogens with one attached hydrogen (secondary N) is 2. The van der Waals surface area contributed by atoms with Gasteiger partial charge >= 0.3 is 0 Å². The Kier molecular flexibility index (Phi) is 5.20. The summed E-state index contributed by atoms with van der Waals surface area (Å²) in [6.07, 6.45) is 1.53. The maximum atomic E-state index is 6.21. The lowest BCUT2D eigenvalue weighted by Gasteiger charge is -2.18. The minimum Gasteiger partial charge on any atom is -0.369 e. The molecule has 2 N–H and O–H groups in total. The summed E-state index contributed by atoms with van der Waals surface area (Å²) in [5.41, 5.74) is 1.03. The van der Waals surface area contributed by atoms with Gasteiger partial charge in [-0.05, 0) is 41.4 Å². The highest BCUT2D eigenvalue weighted by Gasteiger charge is 2.13. The Morgan fingerprint density at radius 2 is 1.95 bits per heavy atom. The molecule has 1 aromatic heterocycles. The molecule has 0 saturated carbocycles. The number of hydrogen-bond acceptors (Lipinski definition) is 4. The molecule has 1 unspecified atom stereocenters. The molecule has 0 aliphatic rings. The SMILES string of the molecule is CCNc1ncnc(NC(C)c2ccccc2Cl)c1Br. The molecule has 20 heavy (non-hydrogen) atoms. The standard InChI is InChI=1S/C14H16BrClN4/c1-3-17-13-12(15)14(19-8-18-13)20-9(2)10-6-4-5-7-11(10)16/h4-9H,3H2,1-2H3,(H2,17,18,19,20). The van der Waals surface area contributed by atoms with Crippen molar-refractivity contribution < 1.29 is 0 Å². The van der Waals surface area contributed by atoms with Gasteiger partial charge in [0.2, 0.25) is 0 Å². The van der Waals surface area contributed by atoms with Crippen LogP contribution in [0, 0.1) is 0 Å². The Hall–Kier alpha value is -1.33. The van der Waals surface area contributed by atoms with E-state index in [1.165, 1.54) is 6.33 Å². The molecule has 0 saturated heterocycles. The van der Waals surface area contributed by atoms with Gasteiger partial charge in [-0.3, -0.25) is 0 Å². The van der Waals surface area contributed by atoms with Crippen molar-refractivity contribution in [2.75, 3.05) is 17.2 Å². The number of nitrogens with zero attached hydrogens (tertiary/aromatic N) is 2. The Labute approximate surface area is 132 Å². The van der Waals surface area contributed by atoms with Gasteiger partial charge in [0.05, 0.1) is 6.04 Å². The van der Waals surface area contributed by atoms with Gasteiger partial charge < -0.3 is 10.6 Å². The molecule has 4 nitrogen and oxygen atoms in total. The van der Waals surface area contributed by atoms with E-state index >= 15 is 0 Å². The Bertz CT molecular complexity index is 591. The monoisotopic (exact) mass is 354 g/mol. The lowest BCUT2D eigenvalue weighted by molar-refractivity contribution is 0.870. The number of hydrogen-bond donors (Lipinski definition) is 2. The normalized spacial score (nSPS) is 12.0. The van der Waals surface area contributed by atoms with Gasteiger partial charge in [-0.25, -0.2) is 9.97 Å². The predicted octanol–water partition coefficient (Wildman–Crippen LogP) is 4.50. The first-order valence-electron chi connectivity index (χ1n) is 6.38. The molecule has 0 radical (unpaired) electrons. The highest BCUT2D eigenvalue weighted by molar-refractivity contribution is 9.10. The van der Waals surface area contributed by atoms with Gasteiger partial charge in [0.1, 0.15) is 22.4 Å². The van der Waals surface area contributed by atoms with Crippen LogP contribution in [0.15, 0.2) is 35.1 Å². The van der Waals surface area contributed by atoms with Crippen LogP contribution in [0.5, 0.6) is 0 Å². The third kappa shape index (κ3) is 3.41. The summed E-state index contributed by atoms with van der Waals surface area (Å²) in [4.78, 5) is 8.46. The van der Waals surface area contributed by atoms with Crippen LogP contribution in [0.25, 0.3) is 0 Å². The molecule has 2 rings (SSSR count). The maximum Gasteiger partial charge on any atom is 0.146 e. The van der Waals surface area contributed by atoms with Gasteiger partial charge in [0.15, 0.2) is 0 Å². The van der Waals surface area contributed by atoms with Crippen molar-refractivity contribution in [3.8, 4) is 0 Å². The molecular weight excluding hydrogens is 340 g/mol. The third-order valence-corrected chi connectivity index (χ3v) is 3.95. The van der Waals surface area contributed by atoms with Crippen LogP contribution in [0.3, 0.4) is 0 Å².